The topological polar surface area (TPSA) is 117 Å². The molecule has 0 saturated heterocycles. The zero-order valence-electron chi connectivity index (χ0n) is 17.1. The van der Waals surface area contributed by atoms with Gasteiger partial charge in [-0.3, -0.25) is 9.13 Å². The molecule has 162 valence electrons. The third-order valence-electron chi connectivity index (χ3n) is 4.93. The van der Waals surface area contributed by atoms with Gasteiger partial charge >= 0.3 is 5.69 Å². The number of aromatic nitrogens is 2. The number of aliphatic hydroxyl groups is 1. The van der Waals surface area contributed by atoms with Crippen LogP contribution in [0.2, 0.25) is 0 Å². The van der Waals surface area contributed by atoms with E-state index in [1.807, 2.05) is 31.2 Å². The fourth-order valence-electron chi connectivity index (χ4n) is 3.37. The second-order valence-electron chi connectivity index (χ2n) is 7.20. The molecular formula is C21H27N3O5S. The van der Waals surface area contributed by atoms with Crippen molar-refractivity contribution in [2.45, 2.75) is 50.8 Å². The molecule has 0 saturated carbocycles. The predicted molar refractivity (Wildman–Crippen MR) is 115 cm³/mol. The average molecular weight is 434 g/mol. The highest BCUT2D eigenvalue weighted by molar-refractivity contribution is 7.89. The zero-order chi connectivity index (χ0) is 21.9. The summed E-state index contributed by atoms with van der Waals surface area (Å²) in [5, 5.41) is 15.7. The fraction of sp³-hybridized carbons (Fsp3) is 0.381. The Morgan fingerprint density at radius 1 is 1.07 bits per heavy atom. The summed E-state index contributed by atoms with van der Waals surface area (Å²) in [6.07, 6.45) is 0.691. The van der Waals surface area contributed by atoms with Crippen LogP contribution in [-0.4, -0.2) is 35.4 Å². The molecule has 0 aliphatic heterocycles. The number of nitrogens with two attached hydrogens (primary N) is 1. The Kier molecular flexibility index (Phi) is 6.64. The maximum Gasteiger partial charge on any atom is 0.329 e. The van der Waals surface area contributed by atoms with Gasteiger partial charge in [0.05, 0.1) is 22.5 Å². The van der Waals surface area contributed by atoms with Crippen LogP contribution < -0.4 is 15.6 Å². The van der Waals surface area contributed by atoms with Gasteiger partial charge < -0.3 is 9.84 Å². The van der Waals surface area contributed by atoms with Crippen LogP contribution in [0.15, 0.2) is 52.2 Å². The van der Waals surface area contributed by atoms with Gasteiger partial charge in [-0.05, 0) is 48.7 Å². The zero-order valence-corrected chi connectivity index (χ0v) is 17.9. The minimum atomic E-state index is -3.92. The van der Waals surface area contributed by atoms with Gasteiger partial charge in [0, 0.05) is 6.54 Å². The second-order valence-corrected chi connectivity index (χ2v) is 8.76. The van der Waals surface area contributed by atoms with Crippen LogP contribution in [-0.2, 0) is 29.5 Å². The lowest BCUT2D eigenvalue weighted by Gasteiger charge is -2.13. The van der Waals surface area contributed by atoms with Crippen LogP contribution in [0.1, 0.15) is 25.8 Å². The molecule has 9 heteroatoms. The highest BCUT2D eigenvalue weighted by Gasteiger charge is 2.19. The number of imidazole rings is 1. The number of primary sulfonamides is 1. The smallest absolute Gasteiger partial charge is 0.329 e. The maximum atomic E-state index is 12.9. The normalized spacial score (nSPS) is 12.9. The number of rotatable bonds is 9. The van der Waals surface area contributed by atoms with Gasteiger partial charge in [0.2, 0.25) is 10.0 Å². The van der Waals surface area contributed by atoms with Crippen molar-refractivity contribution in [1.29, 1.82) is 0 Å². The Bertz CT molecular complexity index is 1180. The van der Waals surface area contributed by atoms with E-state index in [9.17, 15) is 18.3 Å². The summed E-state index contributed by atoms with van der Waals surface area (Å²) in [6, 6.07) is 11.9. The summed E-state index contributed by atoms with van der Waals surface area (Å²) in [5.74, 6) is 0.628. The first kappa shape index (κ1) is 22.1. The molecular weight excluding hydrogens is 406 g/mol. The van der Waals surface area contributed by atoms with E-state index < -0.39 is 16.1 Å². The van der Waals surface area contributed by atoms with E-state index in [0.29, 0.717) is 23.3 Å². The summed E-state index contributed by atoms with van der Waals surface area (Å²) in [6.45, 7) is 4.45. The average Bonchev–Trinajstić information content (AvgIpc) is 2.97. The highest BCUT2D eigenvalue weighted by Crippen LogP contribution is 2.19. The van der Waals surface area contributed by atoms with Crippen LogP contribution in [0, 0.1) is 0 Å². The van der Waals surface area contributed by atoms with E-state index in [1.54, 1.807) is 10.6 Å². The largest absolute Gasteiger partial charge is 0.491 e. The summed E-state index contributed by atoms with van der Waals surface area (Å²) in [7, 11) is -3.92. The monoisotopic (exact) mass is 433 g/mol. The van der Waals surface area contributed by atoms with Crippen molar-refractivity contribution < 1.29 is 18.3 Å². The predicted octanol–water partition coefficient (Wildman–Crippen LogP) is 1.86. The number of hydrogen-bond donors (Lipinski definition) is 2. The number of nitrogens with zero attached hydrogens (tertiary/aromatic N) is 2. The van der Waals surface area contributed by atoms with Crippen LogP contribution in [0.4, 0.5) is 0 Å². The van der Waals surface area contributed by atoms with Crippen molar-refractivity contribution in [1.82, 2.24) is 9.13 Å². The second kappa shape index (κ2) is 9.03. The van der Waals surface area contributed by atoms with Crippen molar-refractivity contribution in [2.24, 2.45) is 5.14 Å². The number of aryl methyl sites for hydroxylation is 2. The van der Waals surface area contributed by atoms with E-state index in [4.69, 9.17) is 9.88 Å². The van der Waals surface area contributed by atoms with E-state index >= 15 is 0 Å². The number of hydrogen-bond acceptors (Lipinski definition) is 5. The quantitative estimate of drug-likeness (QED) is 0.534. The number of fused-ring (bicyclic) bond motifs is 1. The molecule has 1 aromatic heterocycles. The Hall–Kier alpha value is -2.62. The molecule has 0 aliphatic carbocycles. The van der Waals surface area contributed by atoms with Crippen molar-refractivity contribution in [3.63, 3.8) is 0 Å². The van der Waals surface area contributed by atoms with Gasteiger partial charge in [0.15, 0.2) is 0 Å². The molecule has 0 bridgehead atoms. The lowest BCUT2D eigenvalue weighted by atomic mass is 10.2. The SMILES string of the molecule is CCCn1c(=O)n(C[C@H](O)COc2ccc(CC)cc2)c2cc(S(N)(=O)=O)ccc21. The first-order valence-electron chi connectivity index (χ1n) is 9.90. The molecule has 0 aliphatic rings. The van der Waals surface area contributed by atoms with Gasteiger partial charge in [-0.1, -0.05) is 26.0 Å². The first-order valence-corrected chi connectivity index (χ1v) is 11.4. The Morgan fingerprint density at radius 2 is 1.77 bits per heavy atom. The van der Waals surface area contributed by atoms with Crippen LogP contribution in [0.25, 0.3) is 11.0 Å². The third-order valence-corrected chi connectivity index (χ3v) is 5.84. The van der Waals surface area contributed by atoms with E-state index in [0.717, 1.165) is 12.8 Å². The van der Waals surface area contributed by atoms with E-state index in [2.05, 4.69) is 6.92 Å². The standard InChI is InChI=1S/C21H27N3O5S/c1-3-11-23-19-10-9-18(30(22,27)28)12-20(19)24(21(23)26)13-16(25)14-29-17-7-5-15(4-2)6-8-17/h5-10,12,16,25H,3-4,11,13-14H2,1-2H3,(H2,22,27,28)/t16-/m0/s1. The Balaban J connectivity index is 1.87. The number of benzene rings is 2. The minimum absolute atomic E-state index is 0.00671. The van der Waals surface area contributed by atoms with Gasteiger partial charge in [0.1, 0.15) is 18.5 Å². The van der Waals surface area contributed by atoms with Crippen molar-refractivity contribution in [2.75, 3.05) is 6.61 Å². The summed E-state index contributed by atoms with van der Waals surface area (Å²) < 4.78 is 32.1. The van der Waals surface area contributed by atoms with Crippen LogP contribution in [0.5, 0.6) is 5.75 Å². The van der Waals surface area contributed by atoms with Gasteiger partial charge in [-0.15, -0.1) is 0 Å². The molecule has 0 fully saturated rings. The lowest BCUT2D eigenvalue weighted by Crippen LogP contribution is -2.31. The summed E-state index contributed by atoms with van der Waals surface area (Å²) in [4.78, 5) is 12.8. The van der Waals surface area contributed by atoms with Crippen LogP contribution in [0.3, 0.4) is 0 Å². The lowest BCUT2D eigenvalue weighted by molar-refractivity contribution is 0.0924. The van der Waals surface area contributed by atoms with Crippen molar-refractivity contribution in [3.8, 4) is 5.75 Å². The highest BCUT2D eigenvalue weighted by atomic mass is 32.2. The molecule has 0 amide bonds. The minimum Gasteiger partial charge on any atom is -0.491 e. The molecule has 1 atom stereocenters. The molecule has 8 nitrogen and oxygen atoms in total. The van der Waals surface area contributed by atoms with Gasteiger partial charge in [0.25, 0.3) is 0 Å². The van der Waals surface area contributed by atoms with Gasteiger partial charge in [-0.2, -0.15) is 0 Å². The molecule has 1 heterocycles. The Labute approximate surface area is 175 Å². The summed E-state index contributed by atoms with van der Waals surface area (Å²) >= 11 is 0. The summed E-state index contributed by atoms with van der Waals surface area (Å²) in [5.41, 5.74) is 1.87. The van der Waals surface area contributed by atoms with Gasteiger partial charge in [-0.25, -0.2) is 18.4 Å². The molecule has 3 aromatic rings. The molecule has 3 rings (SSSR count). The number of ether oxygens (including phenoxy) is 1. The molecule has 0 radical (unpaired) electrons. The molecule has 0 unspecified atom stereocenters. The first-order chi connectivity index (χ1) is 14.2. The molecule has 30 heavy (non-hydrogen) atoms. The molecule has 2 aromatic carbocycles. The molecule has 3 N–H and O–H groups in total. The van der Waals surface area contributed by atoms with Crippen molar-refractivity contribution in [3.05, 3.63) is 58.5 Å². The fourth-order valence-corrected chi connectivity index (χ4v) is 3.90. The Morgan fingerprint density at radius 3 is 2.37 bits per heavy atom. The van der Waals surface area contributed by atoms with E-state index in [1.165, 1.54) is 22.3 Å². The van der Waals surface area contributed by atoms with Crippen LogP contribution >= 0.6 is 0 Å². The van der Waals surface area contributed by atoms with Crippen molar-refractivity contribution >= 4 is 21.1 Å². The third kappa shape index (κ3) is 4.75. The maximum absolute atomic E-state index is 12.9. The number of aliphatic hydroxyl groups excluding tert-OH is 1. The van der Waals surface area contributed by atoms with E-state index in [-0.39, 0.29) is 23.7 Å². The molecule has 0 spiro atoms. The number of sulfonamides is 1.